The number of hydrogen-bond acceptors (Lipinski definition) is 2. The second-order valence-electron chi connectivity index (χ2n) is 5.41. The highest BCUT2D eigenvalue weighted by molar-refractivity contribution is 5.76. The molecule has 1 aromatic rings. The van der Waals surface area contributed by atoms with Crippen molar-refractivity contribution < 1.29 is 4.79 Å². The molecule has 0 aliphatic rings. The largest absolute Gasteiger partial charge is 0.342 e. The molecular weight excluding hydrogens is 248 g/mol. The van der Waals surface area contributed by atoms with Crippen LogP contribution in [0.4, 0.5) is 0 Å². The topological polar surface area (TPSA) is 44.1 Å². The summed E-state index contributed by atoms with van der Waals surface area (Å²) in [6.07, 6.45) is 3.90. The number of rotatable bonds is 7. The Balaban J connectivity index is 2.25. The lowest BCUT2D eigenvalue weighted by molar-refractivity contribution is -0.131. The van der Waals surface area contributed by atoms with Crippen molar-refractivity contribution in [2.24, 2.45) is 0 Å². The maximum atomic E-state index is 11.9. The maximum absolute atomic E-state index is 11.9. The highest BCUT2D eigenvalue weighted by Crippen LogP contribution is 2.10. The van der Waals surface area contributed by atoms with Crippen molar-refractivity contribution in [3.8, 4) is 6.07 Å². The highest BCUT2D eigenvalue weighted by atomic mass is 16.2. The summed E-state index contributed by atoms with van der Waals surface area (Å²) in [5.74, 6) is 0.136. The Morgan fingerprint density at radius 2 is 1.95 bits per heavy atom. The average molecular weight is 272 g/mol. The van der Waals surface area contributed by atoms with E-state index in [2.05, 4.69) is 37.3 Å². The number of unbranched alkanes of at least 4 members (excludes halogenated alkanes) is 1. The second kappa shape index (κ2) is 8.37. The van der Waals surface area contributed by atoms with Crippen molar-refractivity contribution in [3.05, 3.63) is 35.4 Å². The predicted octanol–water partition coefficient (Wildman–Crippen LogP) is 3.47. The van der Waals surface area contributed by atoms with Crippen molar-refractivity contribution in [1.29, 1.82) is 5.26 Å². The zero-order chi connectivity index (χ0) is 15.0. The number of carbonyl (C=O) groups is 1. The monoisotopic (exact) mass is 272 g/mol. The van der Waals surface area contributed by atoms with Crippen LogP contribution in [0.5, 0.6) is 0 Å². The van der Waals surface area contributed by atoms with E-state index in [-0.39, 0.29) is 11.9 Å². The molecule has 108 valence electrons. The van der Waals surface area contributed by atoms with Crippen LogP contribution in [0.3, 0.4) is 0 Å². The standard InChI is InChI=1S/C17H24N2O/c1-14-8-10-16(11-9-14)6-4-5-7-17(20)19(3)15(2)12-13-18/h8-11,15H,4-7,12H2,1-3H3. The number of aryl methyl sites for hydroxylation is 2. The molecule has 0 N–H and O–H groups in total. The van der Waals surface area contributed by atoms with Gasteiger partial charge in [0, 0.05) is 19.5 Å². The van der Waals surface area contributed by atoms with Crippen LogP contribution in [0.15, 0.2) is 24.3 Å². The van der Waals surface area contributed by atoms with Crippen LogP contribution in [0.25, 0.3) is 0 Å². The molecule has 0 bridgehead atoms. The zero-order valence-electron chi connectivity index (χ0n) is 12.7. The van der Waals surface area contributed by atoms with E-state index < -0.39 is 0 Å². The molecule has 1 aromatic carbocycles. The first-order valence-electron chi connectivity index (χ1n) is 7.22. The smallest absolute Gasteiger partial charge is 0.222 e. The number of nitriles is 1. The van der Waals surface area contributed by atoms with Gasteiger partial charge < -0.3 is 4.90 Å². The Morgan fingerprint density at radius 1 is 1.30 bits per heavy atom. The molecule has 1 amide bonds. The van der Waals surface area contributed by atoms with Gasteiger partial charge in [-0.3, -0.25) is 4.79 Å². The number of benzene rings is 1. The lowest BCUT2D eigenvalue weighted by Gasteiger charge is -2.22. The molecule has 20 heavy (non-hydrogen) atoms. The number of hydrogen-bond donors (Lipinski definition) is 0. The van der Waals surface area contributed by atoms with Crippen molar-refractivity contribution in [3.63, 3.8) is 0 Å². The third-order valence-corrected chi connectivity index (χ3v) is 3.67. The van der Waals surface area contributed by atoms with Crippen LogP contribution in [0.1, 0.15) is 43.7 Å². The van der Waals surface area contributed by atoms with Gasteiger partial charge in [-0.15, -0.1) is 0 Å². The lowest BCUT2D eigenvalue weighted by atomic mass is 10.1. The molecule has 1 atom stereocenters. The fourth-order valence-electron chi connectivity index (χ4n) is 2.05. The summed E-state index contributed by atoms with van der Waals surface area (Å²) in [4.78, 5) is 13.6. The maximum Gasteiger partial charge on any atom is 0.222 e. The van der Waals surface area contributed by atoms with Crippen LogP contribution in [0, 0.1) is 18.3 Å². The molecule has 3 heteroatoms. The molecule has 0 radical (unpaired) electrons. The van der Waals surface area contributed by atoms with Crippen molar-refractivity contribution in [2.75, 3.05) is 7.05 Å². The normalized spacial score (nSPS) is 11.7. The van der Waals surface area contributed by atoms with E-state index in [0.29, 0.717) is 12.8 Å². The first-order chi connectivity index (χ1) is 9.54. The van der Waals surface area contributed by atoms with Crippen LogP contribution in [-0.4, -0.2) is 23.9 Å². The summed E-state index contributed by atoms with van der Waals surface area (Å²) >= 11 is 0. The van der Waals surface area contributed by atoms with E-state index in [1.54, 1.807) is 11.9 Å². The lowest BCUT2D eigenvalue weighted by Crippen LogP contribution is -2.34. The van der Waals surface area contributed by atoms with E-state index >= 15 is 0 Å². The van der Waals surface area contributed by atoms with E-state index in [0.717, 1.165) is 19.3 Å². The minimum Gasteiger partial charge on any atom is -0.342 e. The van der Waals surface area contributed by atoms with Crippen molar-refractivity contribution in [2.45, 2.75) is 52.0 Å². The van der Waals surface area contributed by atoms with E-state index in [4.69, 9.17) is 5.26 Å². The fourth-order valence-corrected chi connectivity index (χ4v) is 2.05. The van der Waals surface area contributed by atoms with Crippen LogP contribution in [-0.2, 0) is 11.2 Å². The van der Waals surface area contributed by atoms with Gasteiger partial charge in [0.25, 0.3) is 0 Å². The molecule has 0 saturated carbocycles. The SMILES string of the molecule is Cc1ccc(CCCCC(=O)N(C)C(C)CC#N)cc1. The van der Waals surface area contributed by atoms with E-state index in [1.807, 2.05) is 6.92 Å². The molecule has 0 heterocycles. The Bertz CT molecular complexity index is 459. The van der Waals surface area contributed by atoms with Gasteiger partial charge in [0.2, 0.25) is 5.91 Å². The van der Waals surface area contributed by atoms with Gasteiger partial charge in [-0.2, -0.15) is 5.26 Å². The van der Waals surface area contributed by atoms with Crippen LogP contribution >= 0.6 is 0 Å². The Labute approximate surface area is 122 Å². The Morgan fingerprint density at radius 3 is 2.55 bits per heavy atom. The molecule has 0 saturated heterocycles. The number of amides is 1. The number of nitrogens with zero attached hydrogens (tertiary/aromatic N) is 2. The summed E-state index contributed by atoms with van der Waals surface area (Å²) < 4.78 is 0. The quantitative estimate of drug-likeness (QED) is 0.713. The number of carbonyl (C=O) groups excluding carboxylic acids is 1. The summed E-state index contributed by atoms with van der Waals surface area (Å²) in [7, 11) is 1.78. The molecule has 1 unspecified atom stereocenters. The molecule has 0 aliphatic carbocycles. The van der Waals surface area contributed by atoms with Gasteiger partial charge in [0.1, 0.15) is 0 Å². The van der Waals surface area contributed by atoms with Crippen molar-refractivity contribution >= 4 is 5.91 Å². The minimum absolute atomic E-state index is 0.00426. The van der Waals surface area contributed by atoms with Gasteiger partial charge in [-0.25, -0.2) is 0 Å². The molecular formula is C17H24N2O. The zero-order valence-corrected chi connectivity index (χ0v) is 12.7. The van der Waals surface area contributed by atoms with E-state index in [9.17, 15) is 4.79 Å². The van der Waals surface area contributed by atoms with Gasteiger partial charge in [-0.1, -0.05) is 29.8 Å². The molecule has 3 nitrogen and oxygen atoms in total. The summed E-state index contributed by atoms with van der Waals surface area (Å²) in [6.45, 7) is 3.99. The van der Waals surface area contributed by atoms with Gasteiger partial charge >= 0.3 is 0 Å². The predicted molar refractivity (Wildman–Crippen MR) is 81.2 cm³/mol. The van der Waals surface area contributed by atoms with E-state index in [1.165, 1.54) is 11.1 Å². The molecule has 0 aliphatic heterocycles. The minimum atomic E-state index is 0.00426. The van der Waals surface area contributed by atoms with Gasteiger partial charge in [0.15, 0.2) is 0 Å². The first kappa shape index (κ1) is 16.2. The Kier molecular flexibility index (Phi) is 6.79. The summed E-state index contributed by atoms with van der Waals surface area (Å²) in [5, 5.41) is 8.64. The molecule has 0 aromatic heterocycles. The van der Waals surface area contributed by atoms with Crippen LogP contribution < -0.4 is 0 Å². The molecule has 0 spiro atoms. The van der Waals surface area contributed by atoms with Crippen LogP contribution in [0.2, 0.25) is 0 Å². The third-order valence-electron chi connectivity index (χ3n) is 3.67. The molecule has 0 fully saturated rings. The fraction of sp³-hybridized carbons (Fsp3) is 0.529. The second-order valence-corrected chi connectivity index (χ2v) is 5.41. The van der Waals surface area contributed by atoms with Gasteiger partial charge in [-0.05, 0) is 38.7 Å². The third kappa shape index (κ3) is 5.44. The molecule has 1 rings (SSSR count). The summed E-state index contributed by atoms with van der Waals surface area (Å²) in [6, 6.07) is 10.7. The summed E-state index contributed by atoms with van der Waals surface area (Å²) in [5.41, 5.74) is 2.60. The highest BCUT2D eigenvalue weighted by Gasteiger charge is 2.14. The van der Waals surface area contributed by atoms with Crippen molar-refractivity contribution in [1.82, 2.24) is 4.90 Å². The Hall–Kier alpha value is -1.82. The first-order valence-corrected chi connectivity index (χ1v) is 7.22. The van der Waals surface area contributed by atoms with Gasteiger partial charge in [0.05, 0.1) is 12.5 Å². The average Bonchev–Trinajstić information content (AvgIpc) is 2.44.